The second-order valence-electron chi connectivity index (χ2n) is 3.39. The van der Waals surface area contributed by atoms with Crippen LogP contribution in [-0.4, -0.2) is 5.78 Å². The van der Waals surface area contributed by atoms with E-state index in [2.05, 4.69) is 6.07 Å². The number of Topliss-reactive ketones (excluding diaryl/α,β-unsaturated/α-hetero) is 1. The molecular formula is C11H19NO. The first-order valence-corrected chi connectivity index (χ1v) is 5.14. The summed E-state index contributed by atoms with van der Waals surface area (Å²) in [6.07, 6.45) is 3.34. The van der Waals surface area contributed by atoms with Crippen molar-refractivity contribution in [1.82, 2.24) is 0 Å². The van der Waals surface area contributed by atoms with E-state index in [1.165, 1.54) is 0 Å². The smallest absolute Gasteiger partial charge is 0.153 e. The molecule has 0 saturated carbocycles. The van der Waals surface area contributed by atoms with Gasteiger partial charge in [0.25, 0.3) is 0 Å². The fraction of sp³-hybridized carbons (Fsp3) is 0.818. The Morgan fingerprint density at radius 1 is 1.31 bits per heavy atom. The topological polar surface area (TPSA) is 40.9 Å². The van der Waals surface area contributed by atoms with Crippen molar-refractivity contribution in [2.45, 2.75) is 46.5 Å². The SMILES string of the molecule is CCCC(C#N)C(=O)C(CC)CC. The van der Waals surface area contributed by atoms with Gasteiger partial charge in [-0.25, -0.2) is 0 Å². The predicted octanol–water partition coefficient (Wildman–Crippen LogP) is 2.93. The zero-order valence-corrected chi connectivity index (χ0v) is 8.84. The van der Waals surface area contributed by atoms with E-state index in [4.69, 9.17) is 5.26 Å². The van der Waals surface area contributed by atoms with Crippen molar-refractivity contribution in [3.63, 3.8) is 0 Å². The summed E-state index contributed by atoms with van der Waals surface area (Å²) < 4.78 is 0. The Morgan fingerprint density at radius 2 is 1.85 bits per heavy atom. The number of nitrogens with zero attached hydrogens (tertiary/aromatic N) is 1. The summed E-state index contributed by atoms with van der Waals surface area (Å²) in [4.78, 5) is 11.7. The first kappa shape index (κ1) is 12.2. The van der Waals surface area contributed by atoms with Crippen molar-refractivity contribution >= 4 is 5.78 Å². The van der Waals surface area contributed by atoms with Crippen LogP contribution in [0.1, 0.15) is 46.5 Å². The van der Waals surface area contributed by atoms with Gasteiger partial charge in [-0.1, -0.05) is 27.2 Å². The van der Waals surface area contributed by atoms with Crippen molar-refractivity contribution in [3.8, 4) is 6.07 Å². The van der Waals surface area contributed by atoms with Crippen molar-refractivity contribution in [1.29, 1.82) is 5.26 Å². The third kappa shape index (κ3) is 3.59. The van der Waals surface area contributed by atoms with E-state index in [1.807, 2.05) is 20.8 Å². The highest BCUT2D eigenvalue weighted by Crippen LogP contribution is 2.17. The van der Waals surface area contributed by atoms with Gasteiger partial charge < -0.3 is 0 Å². The van der Waals surface area contributed by atoms with Crippen molar-refractivity contribution in [3.05, 3.63) is 0 Å². The Bertz CT molecular complexity index is 189. The number of rotatable bonds is 6. The normalized spacial score (nSPS) is 12.5. The summed E-state index contributed by atoms with van der Waals surface area (Å²) in [5.74, 6) is -0.125. The Balaban J connectivity index is 4.27. The van der Waals surface area contributed by atoms with Gasteiger partial charge >= 0.3 is 0 Å². The lowest BCUT2D eigenvalue weighted by Gasteiger charge is -2.14. The van der Waals surface area contributed by atoms with Crippen LogP contribution in [0.3, 0.4) is 0 Å². The van der Waals surface area contributed by atoms with Gasteiger partial charge in [0.15, 0.2) is 5.78 Å². The molecule has 0 aliphatic rings. The monoisotopic (exact) mass is 181 g/mol. The van der Waals surface area contributed by atoms with Crippen LogP contribution < -0.4 is 0 Å². The first-order chi connectivity index (χ1) is 6.21. The minimum Gasteiger partial charge on any atom is -0.298 e. The van der Waals surface area contributed by atoms with Crippen LogP contribution in [0.4, 0.5) is 0 Å². The van der Waals surface area contributed by atoms with Crippen LogP contribution >= 0.6 is 0 Å². The maximum absolute atomic E-state index is 11.7. The molecule has 0 aromatic carbocycles. The summed E-state index contributed by atoms with van der Waals surface area (Å²) in [5, 5.41) is 8.80. The van der Waals surface area contributed by atoms with Gasteiger partial charge in [-0.2, -0.15) is 5.26 Å². The van der Waals surface area contributed by atoms with E-state index in [0.717, 1.165) is 19.3 Å². The Morgan fingerprint density at radius 3 is 2.15 bits per heavy atom. The van der Waals surface area contributed by atoms with E-state index >= 15 is 0 Å². The summed E-state index contributed by atoms with van der Waals surface area (Å²) in [5.41, 5.74) is 0. The molecule has 0 aromatic rings. The molecule has 13 heavy (non-hydrogen) atoms. The molecule has 0 saturated heterocycles. The molecule has 0 fully saturated rings. The molecule has 0 radical (unpaired) electrons. The maximum atomic E-state index is 11.7. The second kappa shape index (κ2) is 6.65. The van der Waals surface area contributed by atoms with Crippen LogP contribution in [0.15, 0.2) is 0 Å². The second-order valence-corrected chi connectivity index (χ2v) is 3.39. The quantitative estimate of drug-likeness (QED) is 0.632. The maximum Gasteiger partial charge on any atom is 0.153 e. The van der Waals surface area contributed by atoms with Gasteiger partial charge in [-0.3, -0.25) is 4.79 Å². The Hall–Kier alpha value is -0.840. The molecule has 2 heteroatoms. The van der Waals surface area contributed by atoms with Crippen LogP contribution in [0.2, 0.25) is 0 Å². The summed E-state index contributed by atoms with van der Waals surface area (Å²) in [7, 11) is 0. The highest BCUT2D eigenvalue weighted by molar-refractivity contribution is 5.85. The Kier molecular flexibility index (Phi) is 6.22. The molecule has 0 spiro atoms. The number of carbonyl (C=O) groups excluding carboxylic acids is 1. The van der Waals surface area contributed by atoms with E-state index in [-0.39, 0.29) is 17.6 Å². The Labute approximate surface area is 80.9 Å². The van der Waals surface area contributed by atoms with Crippen molar-refractivity contribution < 1.29 is 4.79 Å². The molecule has 0 aliphatic carbocycles. The van der Waals surface area contributed by atoms with Crippen LogP contribution in [0.5, 0.6) is 0 Å². The third-order valence-electron chi connectivity index (χ3n) is 2.46. The molecule has 0 N–H and O–H groups in total. The van der Waals surface area contributed by atoms with Gasteiger partial charge in [0, 0.05) is 5.92 Å². The number of carbonyl (C=O) groups is 1. The molecule has 0 bridgehead atoms. The lowest BCUT2D eigenvalue weighted by molar-refractivity contribution is -0.125. The number of hydrogen-bond acceptors (Lipinski definition) is 2. The fourth-order valence-corrected chi connectivity index (χ4v) is 1.53. The lowest BCUT2D eigenvalue weighted by Crippen LogP contribution is -2.21. The van der Waals surface area contributed by atoms with Gasteiger partial charge in [0.1, 0.15) is 5.92 Å². The predicted molar refractivity (Wildman–Crippen MR) is 53.1 cm³/mol. The highest BCUT2D eigenvalue weighted by Gasteiger charge is 2.23. The molecule has 1 atom stereocenters. The molecule has 1 unspecified atom stereocenters. The zero-order valence-electron chi connectivity index (χ0n) is 8.84. The largest absolute Gasteiger partial charge is 0.298 e. The van der Waals surface area contributed by atoms with Crippen LogP contribution in [-0.2, 0) is 4.79 Å². The molecule has 2 nitrogen and oxygen atoms in total. The van der Waals surface area contributed by atoms with Gasteiger partial charge in [0.05, 0.1) is 6.07 Å². The number of ketones is 1. The van der Waals surface area contributed by atoms with Crippen LogP contribution in [0, 0.1) is 23.2 Å². The fourth-order valence-electron chi connectivity index (χ4n) is 1.53. The minimum absolute atomic E-state index is 0.0937. The average molecular weight is 181 g/mol. The summed E-state index contributed by atoms with van der Waals surface area (Å²) in [6, 6.07) is 2.10. The lowest BCUT2D eigenvalue weighted by atomic mass is 9.87. The number of nitriles is 1. The van der Waals surface area contributed by atoms with Gasteiger partial charge in [-0.15, -0.1) is 0 Å². The van der Waals surface area contributed by atoms with Crippen molar-refractivity contribution in [2.24, 2.45) is 11.8 Å². The molecular weight excluding hydrogens is 162 g/mol. The first-order valence-electron chi connectivity index (χ1n) is 5.14. The van der Waals surface area contributed by atoms with E-state index in [1.54, 1.807) is 0 Å². The van der Waals surface area contributed by atoms with Gasteiger partial charge in [-0.05, 0) is 19.3 Å². The van der Waals surface area contributed by atoms with Crippen molar-refractivity contribution in [2.75, 3.05) is 0 Å². The van der Waals surface area contributed by atoms with Crippen LogP contribution in [0.25, 0.3) is 0 Å². The van der Waals surface area contributed by atoms with E-state index < -0.39 is 0 Å². The van der Waals surface area contributed by atoms with E-state index in [9.17, 15) is 4.79 Å². The van der Waals surface area contributed by atoms with E-state index in [0.29, 0.717) is 6.42 Å². The zero-order chi connectivity index (χ0) is 10.3. The average Bonchev–Trinajstić information content (AvgIpc) is 2.15. The third-order valence-corrected chi connectivity index (χ3v) is 2.46. The summed E-state index contributed by atoms with van der Waals surface area (Å²) >= 11 is 0. The number of hydrogen-bond donors (Lipinski definition) is 0. The molecule has 0 aliphatic heterocycles. The molecule has 74 valence electrons. The minimum atomic E-state index is -0.366. The molecule has 0 heterocycles. The summed E-state index contributed by atoms with van der Waals surface area (Å²) in [6.45, 7) is 6.02. The molecule has 0 aromatic heterocycles. The molecule has 0 amide bonds. The standard InChI is InChI=1S/C11H19NO/c1-4-7-10(8-12)11(13)9(5-2)6-3/h9-10H,4-7H2,1-3H3. The van der Waals surface area contributed by atoms with Gasteiger partial charge in [0.2, 0.25) is 0 Å². The highest BCUT2D eigenvalue weighted by atomic mass is 16.1. The molecule has 0 rings (SSSR count).